The normalized spacial score (nSPS) is 15.8. The molecule has 1 amide bonds. The lowest BCUT2D eigenvalue weighted by Gasteiger charge is -2.37. The van der Waals surface area contributed by atoms with Gasteiger partial charge in [-0.2, -0.15) is 26.3 Å². The topological polar surface area (TPSA) is 55.4 Å². The van der Waals surface area contributed by atoms with Gasteiger partial charge in [0.05, 0.1) is 6.61 Å². The molecule has 1 N–H and O–H groups in total. The predicted octanol–water partition coefficient (Wildman–Crippen LogP) is 6.64. The SMILES string of the molecule is C=S(=O)(CC1CC1)c1ccc(CNC(=O)c2ccc(C(OCc3ccccc3)(C(F)(F)F)C(F)(F)F)cc2)cc1. The van der Waals surface area contributed by atoms with Crippen molar-refractivity contribution in [3.63, 3.8) is 0 Å². The first-order valence-electron chi connectivity index (χ1n) is 12.4. The van der Waals surface area contributed by atoms with E-state index in [1.54, 1.807) is 30.3 Å². The summed E-state index contributed by atoms with van der Waals surface area (Å²) in [5.41, 5.74) is -5.13. The third-order valence-electron chi connectivity index (χ3n) is 6.66. The van der Waals surface area contributed by atoms with E-state index in [1.807, 2.05) is 0 Å². The Balaban J connectivity index is 1.48. The van der Waals surface area contributed by atoms with Gasteiger partial charge in [-0.25, -0.2) is 0 Å². The average Bonchev–Trinajstić information content (AvgIpc) is 3.70. The largest absolute Gasteiger partial charge is 0.430 e. The second-order valence-electron chi connectivity index (χ2n) is 9.78. The van der Waals surface area contributed by atoms with E-state index in [4.69, 9.17) is 0 Å². The molecule has 11 heteroatoms. The fourth-order valence-corrected chi connectivity index (χ4v) is 6.18. The van der Waals surface area contributed by atoms with E-state index in [9.17, 15) is 35.3 Å². The minimum Gasteiger partial charge on any atom is -0.349 e. The van der Waals surface area contributed by atoms with E-state index >= 15 is 0 Å². The van der Waals surface area contributed by atoms with Crippen molar-refractivity contribution in [3.05, 3.63) is 101 Å². The maximum atomic E-state index is 14.0. The number of nitrogens with one attached hydrogen (secondary N) is 1. The Morgan fingerprint density at radius 3 is 1.95 bits per heavy atom. The second-order valence-corrected chi connectivity index (χ2v) is 12.2. The molecule has 0 heterocycles. The molecule has 1 aliphatic carbocycles. The van der Waals surface area contributed by atoms with Gasteiger partial charge in [0.25, 0.3) is 11.5 Å². The molecule has 3 aromatic carbocycles. The van der Waals surface area contributed by atoms with Gasteiger partial charge in [0.2, 0.25) is 0 Å². The van der Waals surface area contributed by atoms with E-state index in [-0.39, 0.29) is 17.7 Å². The molecule has 0 saturated heterocycles. The number of carbonyl (C=O) groups excluding carboxylic acids is 1. The molecule has 1 fully saturated rings. The number of hydrogen-bond acceptors (Lipinski definition) is 3. The number of ether oxygens (including phenoxy) is 1. The van der Waals surface area contributed by atoms with Gasteiger partial charge in [-0.1, -0.05) is 54.6 Å². The number of benzene rings is 3. The highest BCUT2D eigenvalue weighted by Crippen LogP contribution is 2.53. The van der Waals surface area contributed by atoms with E-state index < -0.39 is 45.6 Å². The van der Waals surface area contributed by atoms with Crippen LogP contribution in [-0.2, 0) is 33.0 Å². The molecule has 0 radical (unpaired) electrons. The Bertz CT molecular complexity index is 1400. The van der Waals surface area contributed by atoms with Gasteiger partial charge in [-0.05, 0) is 69.5 Å². The Morgan fingerprint density at radius 2 is 1.43 bits per heavy atom. The minimum absolute atomic E-state index is 0.0387. The van der Waals surface area contributed by atoms with Crippen molar-refractivity contribution in [1.82, 2.24) is 5.32 Å². The zero-order valence-corrected chi connectivity index (χ0v) is 22.0. The van der Waals surface area contributed by atoms with Crippen LogP contribution in [0.2, 0.25) is 0 Å². The molecule has 0 aliphatic heterocycles. The third kappa shape index (κ3) is 6.52. The molecule has 1 aliphatic rings. The first-order valence-corrected chi connectivity index (χ1v) is 14.3. The van der Waals surface area contributed by atoms with Gasteiger partial charge in [0, 0.05) is 28.3 Å². The van der Waals surface area contributed by atoms with E-state index in [2.05, 4.69) is 15.9 Å². The predicted molar refractivity (Wildman–Crippen MR) is 140 cm³/mol. The maximum Gasteiger partial charge on any atom is 0.430 e. The van der Waals surface area contributed by atoms with Crippen molar-refractivity contribution in [2.24, 2.45) is 5.92 Å². The van der Waals surface area contributed by atoms with Crippen LogP contribution < -0.4 is 5.32 Å². The van der Waals surface area contributed by atoms with Gasteiger partial charge in [-0.15, -0.1) is 0 Å². The lowest BCUT2D eigenvalue weighted by Crippen LogP contribution is -2.55. The molecule has 4 nitrogen and oxygen atoms in total. The molecular formula is C29H27F6NO3S. The summed E-state index contributed by atoms with van der Waals surface area (Å²) in [7, 11) is -2.40. The van der Waals surface area contributed by atoms with E-state index in [1.165, 1.54) is 24.3 Å². The number of halogens is 6. The van der Waals surface area contributed by atoms with Gasteiger partial charge in [0.1, 0.15) is 0 Å². The van der Waals surface area contributed by atoms with Crippen molar-refractivity contribution in [2.75, 3.05) is 5.75 Å². The van der Waals surface area contributed by atoms with Crippen molar-refractivity contribution in [3.8, 4) is 0 Å². The van der Waals surface area contributed by atoms with Crippen molar-refractivity contribution < 1.29 is 40.1 Å². The zero-order chi connectivity index (χ0) is 29.2. The number of alkyl halides is 6. The van der Waals surface area contributed by atoms with Gasteiger partial charge >= 0.3 is 12.4 Å². The second kappa shape index (κ2) is 11.3. The van der Waals surface area contributed by atoms with E-state index in [0.717, 1.165) is 25.0 Å². The highest BCUT2D eigenvalue weighted by Gasteiger charge is 2.73. The van der Waals surface area contributed by atoms with Crippen LogP contribution in [0, 0.1) is 5.92 Å². The number of rotatable bonds is 10. The average molecular weight is 584 g/mol. The van der Waals surface area contributed by atoms with Crippen LogP contribution in [0.4, 0.5) is 26.3 Å². The van der Waals surface area contributed by atoms with Gasteiger partial charge in [0.15, 0.2) is 0 Å². The summed E-state index contributed by atoms with van der Waals surface area (Å²) in [6.45, 7) is -0.901. The van der Waals surface area contributed by atoms with Crippen LogP contribution in [0.3, 0.4) is 0 Å². The monoisotopic (exact) mass is 583 g/mol. The summed E-state index contributed by atoms with van der Waals surface area (Å²) >= 11 is 0. The fraction of sp³-hybridized carbons (Fsp3) is 0.310. The van der Waals surface area contributed by atoms with Crippen LogP contribution in [0.15, 0.2) is 83.8 Å². The molecule has 0 bridgehead atoms. The Hall–Kier alpha value is -3.31. The van der Waals surface area contributed by atoms with Gasteiger partial charge in [-0.3, -0.25) is 9.00 Å². The number of amides is 1. The van der Waals surface area contributed by atoms with Crippen molar-refractivity contribution in [1.29, 1.82) is 0 Å². The van der Waals surface area contributed by atoms with Crippen LogP contribution >= 0.6 is 0 Å². The Morgan fingerprint density at radius 1 is 0.850 bits per heavy atom. The summed E-state index contributed by atoms with van der Waals surface area (Å²) in [5, 5.41) is 2.58. The molecule has 3 aromatic rings. The smallest absolute Gasteiger partial charge is 0.349 e. The van der Waals surface area contributed by atoms with Crippen LogP contribution in [0.25, 0.3) is 0 Å². The molecule has 1 unspecified atom stereocenters. The molecule has 4 rings (SSSR count). The molecule has 0 spiro atoms. The van der Waals surface area contributed by atoms with E-state index in [0.29, 0.717) is 34.3 Å². The van der Waals surface area contributed by atoms with Crippen LogP contribution in [0.1, 0.15) is 39.9 Å². The first kappa shape index (κ1) is 29.7. The standard InChI is InChI=1S/C29H27F6NO3S/c1-40(38,19-22-7-8-22)25-15-9-20(10-16-25)17-36-26(37)23-11-13-24(14-12-23)27(28(30,31)32,29(33,34)35)39-18-21-5-3-2-4-6-21/h2-6,9-16,22H,1,7-8,17-19H2,(H,36,37). The summed E-state index contributed by atoms with van der Waals surface area (Å²) in [6.07, 6.45) is -9.59. The van der Waals surface area contributed by atoms with Crippen molar-refractivity contribution in [2.45, 2.75) is 48.8 Å². The highest BCUT2D eigenvalue weighted by atomic mass is 32.2. The summed E-state index contributed by atoms with van der Waals surface area (Å²) in [6, 6.07) is 16.9. The molecule has 40 heavy (non-hydrogen) atoms. The lowest BCUT2D eigenvalue weighted by molar-refractivity contribution is -0.392. The molecular weight excluding hydrogens is 556 g/mol. The summed E-state index contributed by atoms with van der Waals surface area (Å²) in [4.78, 5) is 13.2. The molecule has 214 valence electrons. The Kier molecular flexibility index (Phi) is 8.37. The van der Waals surface area contributed by atoms with Crippen molar-refractivity contribution >= 4 is 21.3 Å². The van der Waals surface area contributed by atoms with Gasteiger partial charge < -0.3 is 10.1 Å². The first-order chi connectivity index (χ1) is 18.7. The quantitative estimate of drug-likeness (QED) is 0.215. The maximum absolute atomic E-state index is 14.0. The molecule has 1 saturated carbocycles. The Labute approximate surface area is 228 Å². The lowest BCUT2D eigenvalue weighted by atomic mass is 9.90. The third-order valence-corrected chi connectivity index (χ3v) is 8.80. The number of carbonyl (C=O) groups is 1. The zero-order valence-electron chi connectivity index (χ0n) is 21.2. The van der Waals surface area contributed by atoms with Crippen LogP contribution in [-0.4, -0.2) is 34.1 Å². The summed E-state index contributed by atoms with van der Waals surface area (Å²) < 4.78 is 102. The molecule has 0 aromatic heterocycles. The summed E-state index contributed by atoms with van der Waals surface area (Å²) in [5.74, 6) is 4.12. The molecule has 1 atom stereocenters. The highest BCUT2D eigenvalue weighted by molar-refractivity contribution is 8.00. The van der Waals surface area contributed by atoms with Crippen LogP contribution in [0.5, 0.6) is 0 Å². The fourth-order valence-electron chi connectivity index (χ4n) is 4.26. The number of hydrogen-bond donors (Lipinski definition) is 1. The minimum atomic E-state index is -5.84.